The molecule has 0 aliphatic carbocycles. The van der Waals surface area contributed by atoms with Crippen LogP contribution in [-0.4, -0.2) is 57.2 Å². The lowest BCUT2D eigenvalue weighted by molar-refractivity contribution is -0.145. The number of carbonyl (C=O) groups is 2. The molecule has 0 spiro atoms. The van der Waals surface area contributed by atoms with E-state index < -0.39 is 18.0 Å². The first-order valence-corrected chi connectivity index (χ1v) is 15.3. The summed E-state index contributed by atoms with van der Waals surface area (Å²) in [6.45, 7) is 6.15. The number of rotatable bonds is 12. The van der Waals surface area contributed by atoms with Crippen molar-refractivity contribution in [2.45, 2.75) is 26.8 Å². The third kappa shape index (κ3) is 7.04. The largest absolute Gasteiger partial charge is 0.493 e. The Morgan fingerprint density at radius 1 is 1.00 bits per heavy atom. The van der Waals surface area contributed by atoms with E-state index in [1.807, 2.05) is 13.8 Å². The molecule has 0 fully saturated rings. The number of thiazole rings is 1. The average Bonchev–Trinajstić information content (AvgIpc) is 3.31. The van der Waals surface area contributed by atoms with Gasteiger partial charge in [0.2, 0.25) is 0 Å². The van der Waals surface area contributed by atoms with Crippen LogP contribution >= 0.6 is 33.9 Å². The van der Waals surface area contributed by atoms with Crippen molar-refractivity contribution in [1.29, 1.82) is 0 Å². The molecule has 228 valence electrons. The van der Waals surface area contributed by atoms with Crippen molar-refractivity contribution in [3.8, 4) is 23.0 Å². The summed E-state index contributed by atoms with van der Waals surface area (Å²) in [4.78, 5) is 43.7. The van der Waals surface area contributed by atoms with Crippen LogP contribution in [0.1, 0.15) is 37.9 Å². The monoisotopic (exact) mass is 722 g/mol. The Hall–Kier alpha value is -3.85. The zero-order chi connectivity index (χ0) is 31.1. The number of carbonyl (C=O) groups excluding carboxylic acids is 2. The van der Waals surface area contributed by atoms with Gasteiger partial charge in [0.15, 0.2) is 34.4 Å². The van der Waals surface area contributed by atoms with Crippen LogP contribution in [0.2, 0.25) is 0 Å². The third-order valence-corrected chi connectivity index (χ3v) is 7.82. The van der Waals surface area contributed by atoms with Crippen molar-refractivity contribution in [2.24, 2.45) is 4.99 Å². The fraction of sp³-hybridized carbons (Fsp3) is 0.333. The van der Waals surface area contributed by atoms with Crippen LogP contribution < -0.4 is 33.8 Å². The number of hydrogen-bond donors (Lipinski definition) is 0. The van der Waals surface area contributed by atoms with Gasteiger partial charge in [0, 0.05) is 15.3 Å². The van der Waals surface area contributed by atoms with Crippen molar-refractivity contribution >= 4 is 51.9 Å². The zero-order valence-corrected chi connectivity index (χ0v) is 27.3. The molecular weight excluding hydrogens is 691 g/mol. The third-order valence-electron chi connectivity index (χ3n) is 6.20. The summed E-state index contributed by atoms with van der Waals surface area (Å²) in [6, 6.07) is 8.00. The van der Waals surface area contributed by atoms with Crippen molar-refractivity contribution in [2.75, 3.05) is 40.6 Å². The summed E-state index contributed by atoms with van der Waals surface area (Å²) in [5, 5.41) is 0. The van der Waals surface area contributed by atoms with Crippen LogP contribution in [-0.2, 0) is 19.1 Å². The van der Waals surface area contributed by atoms with Crippen LogP contribution in [0.15, 0.2) is 51.9 Å². The van der Waals surface area contributed by atoms with E-state index in [0.717, 1.165) is 14.9 Å². The van der Waals surface area contributed by atoms with Gasteiger partial charge in [0.05, 0.1) is 50.2 Å². The quantitative estimate of drug-likeness (QED) is 0.205. The predicted octanol–water partition coefficient (Wildman–Crippen LogP) is 3.37. The van der Waals surface area contributed by atoms with Crippen molar-refractivity contribution in [3.05, 3.63) is 76.5 Å². The lowest BCUT2D eigenvalue weighted by Crippen LogP contribution is -2.39. The van der Waals surface area contributed by atoms with Gasteiger partial charge in [0.25, 0.3) is 5.56 Å². The number of ether oxygens (including phenoxy) is 6. The standard InChI is InChI=1S/C30H31IN2O9S/c1-6-39-21-10-9-17(12-22(21)40-7-2)26-20(29(36)38-5)15-32-30-33(26)28(35)24(43-30)13-18-11-19(31)14-23(37-4)27(18)42-16-25(34)41-8-3/h9-15,26H,6-8,16H2,1-5H3/b24-13+/t26-/m0/s1. The molecule has 1 aromatic heterocycles. The Labute approximate surface area is 265 Å². The molecule has 0 amide bonds. The Balaban J connectivity index is 1.89. The summed E-state index contributed by atoms with van der Waals surface area (Å²) in [6.07, 6.45) is 3.07. The van der Waals surface area contributed by atoms with E-state index in [1.165, 1.54) is 25.0 Å². The smallest absolute Gasteiger partial charge is 0.344 e. The Bertz CT molecular complexity index is 1730. The Morgan fingerprint density at radius 3 is 2.42 bits per heavy atom. The molecule has 3 aromatic rings. The molecule has 0 bridgehead atoms. The van der Waals surface area contributed by atoms with Gasteiger partial charge in [-0.25, -0.2) is 14.6 Å². The number of fused-ring (bicyclic) bond motifs is 1. The fourth-order valence-electron chi connectivity index (χ4n) is 4.46. The van der Waals surface area contributed by atoms with Crippen LogP contribution in [0.25, 0.3) is 6.08 Å². The number of hydrogen-bond acceptors (Lipinski definition) is 11. The lowest BCUT2D eigenvalue weighted by Gasteiger charge is -2.23. The summed E-state index contributed by atoms with van der Waals surface area (Å²) >= 11 is 3.28. The maximum absolute atomic E-state index is 14.0. The van der Waals surface area contributed by atoms with Crippen LogP contribution in [0.3, 0.4) is 0 Å². The molecule has 13 heteroatoms. The maximum atomic E-state index is 14.0. The second kappa shape index (κ2) is 14.6. The number of methoxy groups -OCH3 is 2. The highest BCUT2D eigenvalue weighted by Gasteiger charge is 2.31. The summed E-state index contributed by atoms with van der Waals surface area (Å²) in [7, 11) is 2.76. The molecule has 2 heterocycles. The molecular formula is C30H31IN2O9S. The number of esters is 2. The van der Waals surface area contributed by atoms with Gasteiger partial charge in [-0.2, -0.15) is 0 Å². The number of aromatic nitrogens is 1. The average molecular weight is 723 g/mol. The molecule has 1 aliphatic rings. The minimum Gasteiger partial charge on any atom is -0.493 e. The van der Waals surface area contributed by atoms with Gasteiger partial charge in [-0.05, 0) is 79.3 Å². The van der Waals surface area contributed by atoms with E-state index in [4.69, 9.17) is 28.4 Å². The lowest BCUT2D eigenvalue weighted by atomic mass is 9.97. The highest BCUT2D eigenvalue weighted by Crippen LogP contribution is 2.36. The van der Waals surface area contributed by atoms with Crippen molar-refractivity contribution in [1.82, 2.24) is 4.57 Å². The first-order chi connectivity index (χ1) is 20.8. The molecule has 11 nitrogen and oxygen atoms in total. The minimum absolute atomic E-state index is 0.183. The van der Waals surface area contributed by atoms with Gasteiger partial charge in [-0.15, -0.1) is 0 Å². The van der Waals surface area contributed by atoms with Gasteiger partial charge >= 0.3 is 11.9 Å². The predicted molar refractivity (Wildman–Crippen MR) is 168 cm³/mol. The van der Waals surface area contributed by atoms with Crippen molar-refractivity contribution < 1.29 is 38.0 Å². The molecule has 0 radical (unpaired) electrons. The molecule has 0 saturated carbocycles. The molecule has 0 unspecified atom stereocenters. The van der Waals surface area contributed by atoms with Gasteiger partial charge in [-0.1, -0.05) is 17.4 Å². The number of halogens is 1. The van der Waals surface area contributed by atoms with E-state index in [9.17, 15) is 14.4 Å². The first-order valence-electron chi connectivity index (χ1n) is 13.4. The summed E-state index contributed by atoms with van der Waals surface area (Å²) < 4.78 is 35.5. The molecule has 4 rings (SSSR count). The van der Waals surface area contributed by atoms with Gasteiger partial charge in [-0.3, -0.25) is 9.36 Å². The number of nitrogens with zero attached hydrogens (tertiary/aromatic N) is 2. The topological polar surface area (TPSA) is 124 Å². The van der Waals surface area contributed by atoms with E-state index in [-0.39, 0.29) is 30.1 Å². The Kier molecular flexibility index (Phi) is 10.9. The molecule has 0 N–H and O–H groups in total. The summed E-state index contributed by atoms with van der Waals surface area (Å²) in [5.41, 5.74) is 0.925. The minimum atomic E-state index is -0.842. The Morgan fingerprint density at radius 2 is 1.74 bits per heavy atom. The van der Waals surface area contributed by atoms with E-state index in [0.29, 0.717) is 50.9 Å². The summed E-state index contributed by atoms with van der Waals surface area (Å²) in [5.74, 6) is 0.546. The maximum Gasteiger partial charge on any atom is 0.344 e. The number of benzene rings is 2. The van der Waals surface area contributed by atoms with Gasteiger partial charge in [0.1, 0.15) is 0 Å². The second-order valence-electron chi connectivity index (χ2n) is 8.87. The fourth-order valence-corrected chi connectivity index (χ4v) is 6.04. The van der Waals surface area contributed by atoms with Crippen LogP contribution in [0, 0.1) is 3.57 Å². The first kappa shape index (κ1) is 32.1. The van der Waals surface area contributed by atoms with Gasteiger partial charge < -0.3 is 28.4 Å². The molecule has 43 heavy (non-hydrogen) atoms. The molecule has 2 aromatic carbocycles. The van der Waals surface area contributed by atoms with E-state index in [1.54, 1.807) is 43.3 Å². The molecule has 1 atom stereocenters. The van der Waals surface area contributed by atoms with Crippen LogP contribution in [0.5, 0.6) is 23.0 Å². The van der Waals surface area contributed by atoms with E-state index >= 15 is 0 Å². The SMILES string of the molecule is CCOC(=O)COc1c(/C=c2/sc3n(c2=O)[C@@H](c2ccc(OCC)c(OCC)c2)C(C(=O)OC)=CN=3)cc(I)cc1OC. The highest BCUT2D eigenvalue weighted by molar-refractivity contribution is 14.1. The van der Waals surface area contributed by atoms with E-state index in [2.05, 4.69) is 27.6 Å². The second-order valence-corrected chi connectivity index (χ2v) is 11.1. The van der Waals surface area contributed by atoms with Crippen molar-refractivity contribution in [3.63, 3.8) is 0 Å². The molecule has 0 saturated heterocycles. The highest BCUT2D eigenvalue weighted by atomic mass is 127. The zero-order valence-electron chi connectivity index (χ0n) is 24.3. The normalized spacial score (nSPS) is 14.2. The molecule has 1 aliphatic heterocycles. The van der Waals surface area contributed by atoms with Crippen LogP contribution in [0.4, 0.5) is 0 Å².